The fourth-order valence-electron chi connectivity index (χ4n) is 2.27. The molecule has 1 aliphatic rings. The van der Waals surface area contributed by atoms with Crippen LogP contribution in [-0.4, -0.2) is 11.8 Å². The Balaban J connectivity index is 2.01. The first-order valence-electron chi connectivity index (χ1n) is 6.77. The third-order valence-electron chi connectivity index (χ3n) is 3.32. The van der Waals surface area contributed by atoms with E-state index in [1.807, 2.05) is 42.5 Å². The van der Waals surface area contributed by atoms with Crippen molar-refractivity contribution in [1.29, 1.82) is 0 Å². The average molecular weight is 258 g/mol. The number of nitrogens with two attached hydrogens (primary N) is 2. The summed E-state index contributed by atoms with van der Waals surface area (Å²) in [6, 6.07) is 7.93. The van der Waals surface area contributed by atoms with Crippen LogP contribution in [0.4, 0.5) is 5.69 Å². The molecular formula is C16H22N2O. The van der Waals surface area contributed by atoms with E-state index in [1.165, 1.54) is 5.56 Å². The predicted molar refractivity (Wildman–Crippen MR) is 79.5 cm³/mol. The number of rotatable bonds is 5. The smallest absolute Gasteiger partial charge is 0.140 e. The quantitative estimate of drug-likeness (QED) is 0.630. The van der Waals surface area contributed by atoms with Crippen LogP contribution in [0.3, 0.4) is 0 Å². The van der Waals surface area contributed by atoms with Crippen LogP contribution < -0.4 is 11.5 Å². The van der Waals surface area contributed by atoms with Gasteiger partial charge in [-0.15, -0.1) is 0 Å². The molecule has 0 heterocycles. The van der Waals surface area contributed by atoms with E-state index in [4.69, 9.17) is 16.2 Å². The maximum atomic E-state index is 6.23. The van der Waals surface area contributed by atoms with Gasteiger partial charge in [0.15, 0.2) is 0 Å². The van der Waals surface area contributed by atoms with Crippen molar-refractivity contribution in [2.24, 2.45) is 5.73 Å². The van der Waals surface area contributed by atoms with Crippen molar-refractivity contribution in [2.45, 2.75) is 38.0 Å². The zero-order chi connectivity index (χ0) is 13.7. The number of nitrogen functional groups attached to an aromatic ring is 1. The molecule has 2 unspecified atom stereocenters. The first kappa shape index (κ1) is 13.8. The Bertz CT molecular complexity index is 481. The lowest BCUT2D eigenvalue weighted by atomic mass is 10.0. The van der Waals surface area contributed by atoms with Crippen LogP contribution in [0.5, 0.6) is 0 Å². The molecule has 1 aromatic carbocycles. The molecule has 3 heteroatoms. The van der Waals surface area contributed by atoms with E-state index in [0.29, 0.717) is 0 Å². The Hall–Kier alpha value is -1.58. The largest absolute Gasteiger partial charge is 0.399 e. The molecule has 0 amide bonds. The summed E-state index contributed by atoms with van der Waals surface area (Å²) in [5, 5.41) is 0. The predicted octanol–water partition coefficient (Wildman–Crippen LogP) is 2.78. The molecule has 0 aromatic heterocycles. The molecule has 4 N–H and O–H groups in total. The van der Waals surface area contributed by atoms with Gasteiger partial charge in [-0.3, -0.25) is 5.73 Å². The summed E-state index contributed by atoms with van der Waals surface area (Å²) >= 11 is 0. The zero-order valence-corrected chi connectivity index (χ0v) is 11.4. The van der Waals surface area contributed by atoms with Crippen molar-refractivity contribution in [3.05, 3.63) is 54.1 Å². The molecule has 1 aliphatic carbocycles. The number of allylic oxidation sites excluding steroid dienone is 2. The maximum absolute atomic E-state index is 6.23. The molecule has 0 saturated heterocycles. The zero-order valence-electron chi connectivity index (χ0n) is 11.4. The molecular weight excluding hydrogens is 236 g/mol. The third kappa shape index (κ3) is 3.94. The highest BCUT2D eigenvalue weighted by Crippen LogP contribution is 2.22. The first-order valence-corrected chi connectivity index (χ1v) is 6.77. The summed E-state index contributed by atoms with van der Waals surface area (Å²) in [6.45, 7) is 2.11. The normalized spacial score (nSPS) is 23.5. The van der Waals surface area contributed by atoms with Gasteiger partial charge in [0.1, 0.15) is 5.72 Å². The number of ether oxygens (including phenoxy) is 1. The van der Waals surface area contributed by atoms with Gasteiger partial charge in [-0.1, -0.05) is 37.3 Å². The molecule has 0 bridgehead atoms. The second-order valence-corrected chi connectivity index (χ2v) is 5.04. The van der Waals surface area contributed by atoms with Gasteiger partial charge in [-0.25, -0.2) is 0 Å². The molecule has 1 aromatic rings. The minimum Gasteiger partial charge on any atom is -0.399 e. The van der Waals surface area contributed by atoms with Gasteiger partial charge in [-0.05, 0) is 36.6 Å². The summed E-state index contributed by atoms with van der Waals surface area (Å²) < 4.78 is 6.07. The minimum absolute atomic E-state index is 0.1000. The molecule has 0 radical (unpaired) electrons. The Labute approximate surface area is 114 Å². The van der Waals surface area contributed by atoms with Gasteiger partial charge in [0.25, 0.3) is 0 Å². The topological polar surface area (TPSA) is 61.3 Å². The van der Waals surface area contributed by atoms with E-state index in [9.17, 15) is 0 Å². The summed E-state index contributed by atoms with van der Waals surface area (Å²) in [6.07, 6.45) is 10.5. The molecule has 0 saturated carbocycles. The fraction of sp³-hybridized carbons (Fsp3) is 0.375. The van der Waals surface area contributed by atoms with Crippen molar-refractivity contribution in [1.82, 2.24) is 0 Å². The van der Waals surface area contributed by atoms with Crippen LogP contribution in [0.25, 0.3) is 0 Å². The molecule has 3 nitrogen and oxygen atoms in total. The standard InChI is InChI=1S/C16H22N2O/c1-2-15(12-13-7-6-8-14(17)11-13)19-16(18)9-4-3-5-10-16/h3-9,11,15H,2,10,12,17-18H2,1H3. The Morgan fingerprint density at radius 2 is 2.21 bits per heavy atom. The van der Waals surface area contributed by atoms with Crippen molar-refractivity contribution in [2.75, 3.05) is 5.73 Å². The van der Waals surface area contributed by atoms with E-state index < -0.39 is 5.72 Å². The third-order valence-corrected chi connectivity index (χ3v) is 3.32. The van der Waals surface area contributed by atoms with E-state index in [1.54, 1.807) is 0 Å². The lowest BCUT2D eigenvalue weighted by Crippen LogP contribution is -2.44. The molecule has 0 aliphatic heterocycles. The summed E-state index contributed by atoms with van der Waals surface area (Å²) in [5.74, 6) is 0. The lowest BCUT2D eigenvalue weighted by molar-refractivity contribution is -0.0596. The number of hydrogen-bond donors (Lipinski definition) is 2. The SMILES string of the molecule is CCC(Cc1cccc(N)c1)OC1(N)C=CC=CC1. The average Bonchev–Trinajstić information content (AvgIpc) is 2.38. The van der Waals surface area contributed by atoms with Crippen LogP contribution in [0, 0.1) is 0 Å². The number of anilines is 1. The van der Waals surface area contributed by atoms with E-state index in [-0.39, 0.29) is 6.10 Å². The monoisotopic (exact) mass is 258 g/mol. The molecule has 0 fully saturated rings. The van der Waals surface area contributed by atoms with Gasteiger partial charge in [0, 0.05) is 12.1 Å². The van der Waals surface area contributed by atoms with Crippen LogP contribution >= 0.6 is 0 Å². The van der Waals surface area contributed by atoms with Crippen LogP contribution in [0.15, 0.2) is 48.6 Å². The number of hydrogen-bond acceptors (Lipinski definition) is 3. The summed E-state index contributed by atoms with van der Waals surface area (Å²) in [7, 11) is 0. The summed E-state index contributed by atoms with van der Waals surface area (Å²) in [5.41, 5.74) is 13.3. The van der Waals surface area contributed by atoms with E-state index in [2.05, 4.69) is 13.0 Å². The van der Waals surface area contributed by atoms with Gasteiger partial charge in [0.2, 0.25) is 0 Å². The van der Waals surface area contributed by atoms with Crippen molar-refractivity contribution < 1.29 is 4.74 Å². The highest BCUT2D eigenvalue weighted by molar-refractivity contribution is 5.40. The van der Waals surface area contributed by atoms with Crippen molar-refractivity contribution in [3.63, 3.8) is 0 Å². The molecule has 2 rings (SSSR count). The number of benzene rings is 1. The summed E-state index contributed by atoms with van der Waals surface area (Å²) in [4.78, 5) is 0. The molecule has 0 spiro atoms. The van der Waals surface area contributed by atoms with Gasteiger partial charge >= 0.3 is 0 Å². The Morgan fingerprint density at radius 1 is 1.37 bits per heavy atom. The van der Waals surface area contributed by atoms with Crippen LogP contribution in [0.1, 0.15) is 25.3 Å². The van der Waals surface area contributed by atoms with Crippen LogP contribution in [0.2, 0.25) is 0 Å². The molecule has 19 heavy (non-hydrogen) atoms. The highest BCUT2D eigenvalue weighted by atomic mass is 16.5. The van der Waals surface area contributed by atoms with Gasteiger partial charge in [-0.2, -0.15) is 0 Å². The van der Waals surface area contributed by atoms with Crippen molar-refractivity contribution in [3.8, 4) is 0 Å². The lowest BCUT2D eigenvalue weighted by Gasteiger charge is -2.31. The minimum atomic E-state index is -0.671. The Kier molecular flexibility index (Phi) is 4.40. The molecule has 2 atom stereocenters. The highest BCUT2D eigenvalue weighted by Gasteiger charge is 2.26. The maximum Gasteiger partial charge on any atom is 0.140 e. The van der Waals surface area contributed by atoms with Crippen LogP contribution in [-0.2, 0) is 11.2 Å². The van der Waals surface area contributed by atoms with Gasteiger partial charge in [0.05, 0.1) is 6.10 Å². The Morgan fingerprint density at radius 3 is 2.84 bits per heavy atom. The first-order chi connectivity index (χ1) is 9.11. The van der Waals surface area contributed by atoms with Gasteiger partial charge < -0.3 is 10.5 Å². The van der Waals surface area contributed by atoms with Crippen molar-refractivity contribution >= 4 is 5.69 Å². The fourth-order valence-corrected chi connectivity index (χ4v) is 2.27. The van der Waals surface area contributed by atoms with E-state index in [0.717, 1.165) is 24.9 Å². The second-order valence-electron chi connectivity index (χ2n) is 5.04. The van der Waals surface area contributed by atoms with E-state index >= 15 is 0 Å². The molecule has 102 valence electrons. The second kappa shape index (κ2) is 6.04.